The first-order valence-electron chi connectivity index (χ1n) is 7.89. The Hall–Kier alpha value is -3.31. The van der Waals surface area contributed by atoms with Gasteiger partial charge in [0.2, 0.25) is 0 Å². The largest absolute Gasteiger partial charge is 0.388 e. The second-order valence-electron chi connectivity index (χ2n) is 5.72. The minimum Gasteiger partial charge on any atom is -0.388 e. The number of hydrogen-bond acceptors (Lipinski definition) is 4. The van der Waals surface area contributed by atoms with Gasteiger partial charge in [-0.25, -0.2) is 4.98 Å². The lowest BCUT2D eigenvalue weighted by atomic mass is 10.0. The summed E-state index contributed by atoms with van der Waals surface area (Å²) in [4.78, 5) is 23.7. The summed E-state index contributed by atoms with van der Waals surface area (Å²) in [5.41, 5.74) is 5.05. The SMILES string of the molecule is O=C(CO)c1ccc2nc(-c3cccc(-c4cccnc4)c3)[nH]c2c1. The minimum atomic E-state index is -0.500. The monoisotopic (exact) mass is 329 g/mol. The number of aromatic nitrogens is 3. The van der Waals surface area contributed by atoms with Crippen molar-refractivity contribution in [3.05, 3.63) is 72.6 Å². The molecule has 2 aromatic carbocycles. The van der Waals surface area contributed by atoms with E-state index >= 15 is 0 Å². The number of nitrogens with zero attached hydrogens (tertiary/aromatic N) is 2. The maximum Gasteiger partial charge on any atom is 0.188 e. The van der Waals surface area contributed by atoms with Crippen molar-refractivity contribution in [1.82, 2.24) is 15.0 Å². The molecule has 2 aromatic heterocycles. The number of hydrogen-bond donors (Lipinski definition) is 2. The summed E-state index contributed by atoms with van der Waals surface area (Å²) in [7, 11) is 0. The van der Waals surface area contributed by atoms with Gasteiger partial charge in [-0.05, 0) is 35.9 Å². The summed E-state index contributed by atoms with van der Waals surface area (Å²) in [6, 6.07) is 17.1. The number of Topliss-reactive ketones (excluding diaryl/α,β-unsaturated/α-hetero) is 1. The molecule has 0 aliphatic heterocycles. The van der Waals surface area contributed by atoms with Crippen LogP contribution in [-0.4, -0.2) is 32.4 Å². The molecule has 2 heterocycles. The molecule has 0 saturated heterocycles. The number of aromatic amines is 1. The van der Waals surface area contributed by atoms with Gasteiger partial charge in [0.05, 0.1) is 11.0 Å². The molecular weight excluding hydrogens is 314 g/mol. The standard InChI is InChI=1S/C20H15N3O2/c24-12-19(25)14-6-7-17-18(10-14)23-20(22-17)15-4-1-3-13(9-15)16-5-2-8-21-11-16/h1-11,24H,12H2,(H,22,23). The van der Waals surface area contributed by atoms with Gasteiger partial charge in [-0.3, -0.25) is 9.78 Å². The highest BCUT2D eigenvalue weighted by atomic mass is 16.3. The van der Waals surface area contributed by atoms with Crippen LogP contribution in [0.15, 0.2) is 67.0 Å². The van der Waals surface area contributed by atoms with Crippen LogP contribution < -0.4 is 0 Å². The Morgan fingerprint density at radius 2 is 1.84 bits per heavy atom. The molecule has 25 heavy (non-hydrogen) atoms. The number of nitrogens with one attached hydrogen (secondary N) is 1. The third-order valence-corrected chi connectivity index (χ3v) is 4.08. The molecule has 5 heteroatoms. The maximum atomic E-state index is 11.6. The summed E-state index contributed by atoms with van der Waals surface area (Å²) in [6.07, 6.45) is 3.57. The zero-order valence-electron chi connectivity index (χ0n) is 13.3. The number of aliphatic hydroxyl groups is 1. The lowest BCUT2D eigenvalue weighted by Crippen LogP contribution is -2.03. The first kappa shape index (κ1) is 15.2. The number of ketones is 1. The zero-order chi connectivity index (χ0) is 17.2. The summed E-state index contributed by atoms with van der Waals surface area (Å²) in [5.74, 6) is 0.422. The Labute approximate surface area is 144 Å². The third-order valence-electron chi connectivity index (χ3n) is 4.08. The summed E-state index contributed by atoms with van der Waals surface area (Å²) in [6.45, 7) is -0.500. The van der Waals surface area contributed by atoms with E-state index in [0.717, 1.165) is 33.5 Å². The quantitative estimate of drug-likeness (QED) is 0.562. The van der Waals surface area contributed by atoms with Crippen molar-refractivity contribution in [2.75, 3.05) is 6.61 Å². The van der Waals surface area contributed by atoms with Gasteiger partial charge in [0, 0.05) is 29.1 Å². The number of benzene rings is 2. The van der Waals surface area contributed by atoms with Crippen molar-refractivity contribution in [1.29, 1.82) is 0 Å². The lowest BCUT2D eigenvalue weighted by Gasteiger charge is -2.03. The molecule has 2 N–H and O–H groups in total. The van der Waals surface area contributed by atoms with Gasteiger partial charge in [-0.15, -0.1) is 0 Å². The van der Waals surface area contributed by atoms with Crippen LogP contribution in [0.5, 0.6) is 0 Å². The number of carbonyl (C=O) groups excluding carboxylic acids is 1. The summed E-state index contributed by atoms with van der Waals surface area (Å²) < 4.78 is 0. The number of aliphatic hydroxyl groups excluding tert-OH is 1. The van der Waals surface area contributed by atoms with E-state index in [4.69, 9.17) is 5.11 Å². The average Bonchev–Trinajstić information content (AvgIpc) is 3.11. The molecule has 0 spiro atoms. The van der Waals surface area contributed by atoms with Crippen LogP contribution in [0.3, 0.4) is 0 Å². The Kier molecular flexibility index (Phi) is 3.84. The maximum absolute atomic E-state index is 11.6. The highest BCUT2D eigenvalue weighted by molar-refractivity contribution is 5.99. The van der Waals surface area contributed by atoms with Crippen LogP contribution >= 0.6 is 0 Å². The van der Waals surface area contributed by atoms with Gasteiger partial charge < -0.3 is 10.1 Å². The van der Waals surface area contributed by atoms with E-state index in [1.54, 1.807) is 24.4 Å². The van der Waals surface area contributed by atoms with Crippen LogP contribution in [0.4, 0.5) is 0 Å². The van der Waals surface area contributed by atoms with Gasteiger partial charge in [0.1, 0.15) is 12.4 Å². The Morgan fingerprint density at radius 3 is 2.64 bits per heavy atom. The van der Waals surface area contributed by atoms with Crippen LogP contribution in [0.1, 0.15) is 10.4 Å². The van der Waals surface area contributed by atoms with Crippen LogP contribution in [-0.2, 0) is 0 Å². The highest BCUT2D eigenvalue weighted by Gasteiger charge is 2.10. The molecule has 0 unspecified atom stereocenters. The fourth-order valence-electron chi connectivity index (χ4n) is 2.79. The molecule has 0 fully saturated rings. The van der Waals surface area contributed by atoms with Gasteiger partial charge >= 0.3 is 0 Å². The van der Waals surface area contributed by atoms with Crippen molar-refractivity contribution < 1.29 is 9.90 Å². The number of rotatable bonds is 4. The van der Waals surface area contributed by atoms with Gasteiger partial charge in [0.15, 0.2) is 5.78 Å². The molecular formula is C20H15N3O2. The van der Waals surface area contributed by atoms with Crippen molar-refractivity contribution in [2.45, 2.75) is 0 Å². The van der Waals surface area contributed by atoms with E-state index in [2.05, 4.69) is 21.0 Å². The number of pyridine rings is 1. The van der Waals surface area contributed by atoms with E-state index in [0.29, 0.717) is 5.56 Å². The molecule has 0 radical (unpaired) electrons. The van der Waals surface area contributed by atoms with Gasteiger partial charge in [-0.1, -0.05) is 24.3 Å². The van der Waals surface area contributed by atoms with E-state index in [-0.39, 0.29) is 5.78 Å². The Morgan fingerprint density at radius 1 is 1.00 bits per heavy atom. The third kappa shape index (κ3) is 2.93. The van der Waals surface area contributed by atoms with Crippen LogP contribution in [0, 0.1) is 0 Å². The summed E-state index contributed by atoms with van der Waals surface area (Å²) >= 11 is 0. The molecule has 0 amide bonds. The van der Waals surface area contributed by atoms with Crippen molar-refractivity contribution in [3.63, 3.8) is 0 Å². The zero-order valence-corrected chi connectivity index (χ0v) is 13.3. The smallest absolute Gasteiger partial charge is 0.188 e. The predicted octanol–water partition coefficient (Wildman–Crippen LogP) is 3.47. The number of fused-ring (bicyclic) bond motifs is 1. The first-order valence-corrected chi connectivity index (χ1v) is 7.89. The molecule has 0 atom stereocenters. The first-order chi connectivity index (χ1) is 12.2. The topological polar surface area (TPSA) is 78.9 Å². The molecule has 4 aromatic rings. The Balaban J connectivity index is 1.76. The number of imidazole rings is 1. The molecule has 0 bridgehead atoms. The second kappa shape index (κ2) is 6.30. The number of H-pyrrole nitrogens is 1. The fraction of sp³-hybridized carbons (Fsp3) is 0.0500. The van der Waals surface area contributed by atoms with E-state index in [1.807, 2.05) is 36.5 Å². The van der Waals surface area contributed by atoms with Crippen LogP contribution in [0.2, 0.25) is 0 Å². The van der Waals surface area contributed by atoms with Crippen molar-refractivity contribution >= 4 is 16.8 Å². The molecule has 0 aliphatic rings. The van der Waals surface area contributed by atoms with Gasteiger partial charge in [-0.2, -0.15) is 0 Å². The Bertz CT molecular complexity index is 1050. The van der Waals surface area contributed by atoms with Crippen LogP contribution in [0.25, 0.3) is 33.5 Å². The second-order valence-corrected chi connectivity index (χ2v) is 5.72. The predicted molar refractivity (Wildman–Crippen MR) is 96.2 cm³/mol. The highest BCUT2D eigenvalue weighted by Crippen LogP contribution is 2.26. The molecule has 0 saturated carbocycles. The molecule has 122 valence electrons. The van der Waals surface area contributed by atoms with Crippen molar-refractivity contribution in [3.8, 4) is 22.5 Å². The minimum absolute atomic E-state index is 0.309. The number of carbonyl (C=O) groups is 1. The van der Waals surface area contributed by atoms with E-state index < -0.39 is 6.61 Å². The van der Waals surface area contributed by atoms with E-state index in [9.17, 15) is 4.79 Å². The average molecular weight is 329 g/mol. The van der Waals surface area contributed by atoms with Crippen molar-refractivity contribution in [2.24, 2.45) is 0 Å². The molecule has 4 rings (SSSR count). The fourth-order valence-corrected chi connectivity index (χ4v) is 2.79. The normalized spacial score (nSPS) is 10.9. The summed E-state index contributed by atoms with van der Waals surface area (Å²) in [5, 5.41) is 9.00. The van der Waals surface area contributed by atoms with E-state index in [1.165, 1.54) is 0 Å². The lowest BCUT2D eigenvalue weighted by molar-refractivity contribution is 0.0904. The van der Waals surface area contributed by atoms with Gasteiger partial charge in [0.25, 0.3) is 0 Å². The molecule has 5 nitrogen and oxygen atoms in total. The molecule has 0 aliphatic carbocycles.